The van der Waals surface area contributed by atoms with Crippen LogP contribution in [0.4, 0.5) is 0 Å². The Balaban J connectivity index is 2.72. The minimum Gasteiger partial charge on any atom is -0.459 e. The SMILES string of the molecule is CCC(C)CC(C)(C)C(=O)OC(C)(C)C1CCC(C)CC1O. The van der Waals surface area contributed by atoms with Gasteiger partial charge in [-0.1, -0.05) is 33.6 Å². The lowest BCUT2D eigenvalue weighted by molar-refractivity contribution is -0.180. The number of carbonyl (C=O) groups is 1. The van der Waals surface area contributed by atoms with Gasteiger partial charge in [0.25, 0.3) is 0 Å². The minimum absolute atomic E-state index is 0.0343. The van der Waals surface area contributed by atoms with Crippen LogP contribution in [0.25, 0.3) is 0 Å². The van der Waals surface area contributed by atoms with E-state index in [0.29, 0.717) is 11.8 Å². The van der Waals surface area contributed by atoms with E-state index < -0.39 is 11.0 Å². The van der Waals surface area contributed by atoms with Crippen LogP contribution in [-0.4, -0.2) is 22.8 Å². The van der Waals surface area contributed by atoms with Crippen molar-refractivity contribution >= 4 is 5.97 Å². The number of rotatable bonds is 6. The summed E-state index contributed by atoms with van der Waals surface area (Å²) in [5.74, 6) is 0.960. The maximum absolute atomic E-state index is 12.6. The molecule has 4 atom stereocenters. The van der Waals surface area contributed by atoms with E-state index >= 15 is 0 Å². The lowest BCUT2D eigenvalue weighted by atomic mass is 9.73. The van der Waals surface area contributed by atoms with Gasteiger partial charge in [-0.15, -0.1) is 0 Å². The molecule has 4 unspecified atom stereocenters. The first-order valence-corrected chi connectivity index (χ1v) is 8.91. The molecule has 1 aliphatic rings. The zero-order chi connectivity index (χ0) is 17.1. The van der Waals surface area contributed by atoms with Crippen molar-refractivity contribution in [2.45, 2.75) is 92.3 Å². The van der Waals surface area contributed by atoms with Crippen molar-refractivity contribution in [2.75, 3.05) is 0 Å². The van der Waals surface area contributed by atoms with Gasteiger partial charge in [-0.2, -0.15) is 0 Å². The summed E-state index contributed by atoms with van der Waals surface area (Å²) in [5, 5.41) is 10.4. The van der Waals surface area contributed by atoms with Gasteiger partial charge in [-0.05, 0) is 58.8 Å². The van der Waals surface area contributed by atoms with Gasteiger partial charge < -0.3 is 9.84 Å². The third-order valence-corrected chi connectivity index (χ3v) is 5.44. The second-order valence-corrected chi connectivity index (χ2v) is 8.69. The molecule has 0 heterocycles. The first kappa shape index (κ1) is 19.5. The van der Waals surface area contributed by atoms with Crippen LogP contribution < -0.4 is 0 Å². The van der Waals surface area contributed by atoms with E-state index in [0.717, 1.165) is 32.1 Å². The third kappa shape index (κ3) is 4.97. The van der Waals surface area contributed by atoms with Crippen LogP contribution in [0.3, 0.4) is 0 Å². The Hall–Kier alpha value is -0.570. The summed E-state index contributed by atoms with van der Waals surface area (Å²) in [6.45, 7) is 14.3. The molecule has 0 radical (unpaired) electrons. The maximum atomic E-state index is 12.6. The number of hydrogen-bond acceptors (Lipinski definition) is 3. The Kier molecular flexibility index (Phi) is 6.49. The molecule has 1 rings (SSSR count). The largest absolute Gasteiger partial charge is 0.459 e. The molecule has 1 fully saturated rings. The normalized spacial score (nSPS) is 28.3. The molecule has 3 nitrogen and oxygen atoms in total. The van der Waals surface area contributed by atoms with Crippen molar-refractivity contribution in [1.29, 1.82) is 0 Å². The summed E-state index contributed by atoms with van der Waals surface area (Å²) in [4.78, 5) is 12.6. The zero-order valence-corrected chi connectivity index (χ0v) is 15.6. The average Bonchev–Trinajstić information content (AvgIpc) is 2.36. The van der Waals surface area contributed by atoms with Gasteiger partial charge in [-0.25, -0.2) is 0 Å². The highest BCUT2D eigenvalue weighted by Gasteiger charge is 2.43. The maximum Gasteiger partial charge on any atom is 0.312 e. The van der Waals surface area contributed by atoms with Crippen LogP contribution >= 0.6 is 0 Å². The number of aliphatic hydroxyl groups is 1. The molecular weight excluding hydrogens is 276 g/mol. The quantitative estimate of drug-likeness (QED) is 0.731. The van der Waals surface area contributed by atoms with Gasteiger partial charge in [0.05, 0.1) is 11.5 Å². The molecule has 22 heavy (non-hydrogen) atoms. The van der Waals surface area contributed by atoms with Gasteiger partial charge in [0.2, 0.25) is 0 Å². The van der Waals surface area contributed by atoms with E-state index in [2.05, 4.69) is 20.8 Å². The Labute approximate surface area is 136 Å². The van der Waals surface area contributed by atoms with Crippen LogP contribution in [0.5, 0.6) is 0 Å². The molecule has 130 valence electrons. The first-order valence-electron chi connectivity index (χ1n) is 8.91. The fourth-order valence-electron chi connectivity index (χ4n) is 3.71. The molecule has 0 spiro atoms. The lowest BCUT2D eigenvalue weighted by Crippen LogP contribution is -2.47. The minimum atomic E-state index is -0.608. The predicted molar refractivity (Wildman–Crippen MR) is 90.5 cm³/mol. The van der Waals surface area contributed by atoms with Crippen molar-refractivity contribution < 1.29 is 14.6 Å². The van der Waals surface area contributed by atoms with Gasteiger partial charge in [0.15, 0.2) is 0 Å². The summed E-state index contributed by atoms with van der Waals surface area (Å²) in [7, 11) is 0. The first-order chi connectivity index (χ1) is 9.99. The van der Waals surface area contributed by atoms with Crippen LogP contribution in [-0.2, 0) is 9.53 Å². The molecule has 0 aromatic rings. The van der Waals surface area contributed by atoms with Crippen molar-refractivity contribution in [3.05, 3.63) is 0 Å². The number of esters is 1. The Morgan fingerprint density at radius 3 is 2.36 bits per heavy atom. The van der Waals surface area contributed by atoms with E-state index in [1.807, 2.05) is 27.7 Å². The Bertz CT molecular complexity index is 373. The molecule has 0 amide bonds. The lowest BCUT2D eigenvalue weighted by Gasteiger charge is -2.42. The summed E-state index contributed by atoms with van der Waals surface area (Å²) >= 11 is 0. The molecule has 0 aliphatic heterocycles. The van der Waals surface area contributed by atoms with E-state index in [1.165, 1.54) is 0 Å². The molecule has 0 aromatic heterocycles. The molecule has 0 bridgehead atoms. The number of ether oxygens (including phenoxy) is 1. The van der Waals surface area contributed by atoms with Crippen molar-refractivity contribution in [3.63, 3.8) is 0 Å². The van der Waals surface area contributed by atoms with Crippen molar-refractivity contribution in [2.24, 2.45) is 23.2 Å². The number of hydrogen-bond donors (Lipinski definition) is 1. The predicted octanol–water partition coefficient (Wildman–Crippen LogP) is 4.57. The smallest absolute Gasteiger partial charge is 0.312 e. The van der Waals surface area contributed by atoms with E-state index in [4.69, 9.17) is 4.74 Å². The highest BCUT2D eigenvalue weighted by atomic mass is 16.6. The highest BCUT2D eigenvalue weighted by molar-refractivity contribution is 5.76. The summed E-state index contributed by atoms with van der Waals surface area (Å²) in [5.41, 5.74) is -1.08. The van der Waals surface area contributed by atoms with Crippen LogP contribution in [0.1, 0.15) is 80.6 Å². The fraction of sp³-hybridized carbons (Fsp3) is 0.947. The molecular formula is C19H36O3. The fourth-order valence-corrected chi connectivity index (χ4v) is 3.71. The van der Waals surface area contributed by atoms with Gasteiger partial charge >= 0.3 is 5.97 Å². The van der Waals surface area contributed by atoms with E-state index in [9.17, 15) is 9.90 Å². The van der Waals surface area contributed by atoms with Gasteiger partial charge in [-0.3, -0.25) is 4.79 Å². The Morgan fingerprint density at radius 2 is 1.86 bits per heavy atom. The molecule has 0 aromatic carbocycles. The van der Waals surface area contributed by atoms with Crippen molar-refractivity contribution in [3.8, 4) is 0 Å². The second-order valence-electron chi connectivity index (χ2n) is 8.69. The summed E-state index contributed by atoms with van der Waals surface area (Å²) in [6.07, 6.45) is 4.36. The van der Waals surface area contributed by atoms with Crippen LogP contribution in [0.2, 0.25) is 0 Å². The second kappa shape index (κ2) is 7.33. The molecule has 3 heteroatoms. The monoisotopic (exact) mass is 312 g/mol. The third-order valence-electron chi connectivity index (χ3n) is 5.44. The number of aliphatic hydroxyl groups excluding tert-OH is 1. The molecule has 1 N–H and O–H groups in total. The number of carbonyl (C=O) groups excluding carboxylic acids is 1. The van der Waals surface area contributed by atoms with E-state index in [-0.39, 0.29) is 18.0 Å². The topological polar surface area (TPSA) is 46.5 Å². The standard InChI is InChI=1S/C19H36O3/c1-8-13(2)12-18(4,5)17(21)22-19(6,7)15-10-9-14(3)11-16(15)20/h13-16,20H,8-12H2,1-7H3. The van der Waals surface area contributed by atoms with Gasteiger partial charge in [0, 0.05) is 5.92 Å². The zero-order valence-electron chi connectivity index (χ0n) is 15.6. The Morgan fingerprint density at radius 1 is 1.27 bits per heavy atom. The molecule has 1 saturated carbocycles. The van der Waals surface area contributed by atoms with Crippen LogP contribution in [0, 0.1) is 23.2 Å². The average molecular weight is 312 g/mol. The molecule has 0 saturated heterocycles. The summed E-state index contributed by atoms with van der Waals surface area (Å²) in [6, 6.07) is 0. The van der Waals surface area contributed by atoms with Crippen LogP contribution in [0.15, 0.2) is 0 Å². The van der Waals surface area contributed by atoms with Gasteiger partial charge in [0.1, 0.15) is 5.60 Å². The van der Waals surface area contributed by atoms with Crippen molar-refractivity contribution in [1.82, 2.24) is 0 Å². The highest BCUT2D eigenvalue weighted by Crippen LogP contribution is 2.39. The summed E-state index contributed by atoms with van der Waals surface area (Å²) < 4.78 is 5.89. The molecule has 1 aliphatic carbocycles. The van der Waals surface area contributed by atoms with E-state index in [1.54, 1.807) is 0 Å².